The number of nitrogens with zero attached hydrogens (tertiary/aromatic N) is 2. The van der Waals surface area contributed by atoms with Gasteiger partial charge in [-0.3, -0.25) is 4.79 Å². The van der Waals surface area contributed by atoms with Gasteiger partial charge >= 0.3 is 0 Å². The first kappa shape index (κ1) is 16.1. The van der Waals surface area contributed by atoms with Gasteiger partial charge in [0.2, 0.25) is 0 Å². The molecule has 0 spiro atoms. The second-order valence-corrected chi connectivity index (χ2v) is 7.90. The topological polar surface area (TPSA) is 69.0 Å². The third-order valence-corrected chi connectivity index (χ3v) is 5.91. The molecule has 0 radical (unpaired) electrons. The molecule has 0 bridgehead atoms. The fourth-order valence-corrected chi connectivity index (χ4v) is 4.56. The van der Waals surface area contributed by atoms with Crippen molar-refractivity contribution in [1.82, 2.24) is 8.96 Å². The largest absolute Gasteiger partial charge is 0.298 e. The van der Waals surface area contributed by atoms with E-state index in [0.717, 1.165) is 15.7 Å². The van der Waals surface area contributed by atoms with Gasteiger partial charge in [-0.2, -0.15) is 0 Å². The lowest BCUT2D eigenvalue weighted by Crippen LogP contribution is -2.12. The third kappa shape index (κ3) is 2.55. The Balaban J connectivity index is 2.33. The van der Waals surface area contributed by atoms with Crippen LogP contribution in [0.15, 0.2) is 41.6 Å². The molecule has 2 aromatic heterocycles. The summed E-state index contributed by atoms with van der Waals surface area (Å²) in [4.78, 5) is 15.1. The molecule has 0 aliphatic heterocycles. The first-order valence-corrected chi connectivity index (χ1v) is 9.00. The second-order valence-electron chi connectivity index (χ2n) is 4.93. The highest BCUT2D eigenvalue weighted by atomic mass is 127. The number of fused-ring (bicyclic) bond motifs is 1. The van der Waals surface area contributed by atoms with Gasteiger partial charge in [0, 0.05) is 15.2 Å². The van der Waals surface area contributed by atoms with Gasteiger partial charge in [-0.1, -0.05) is 17.7 Å². The molecule has 0 aliphatic rings. The number of aldehydes is 1. The smallest absolute Gasteiger partial charge is 0.269 e. The van der Waals surface area contributed by atoms with Crippen molar-refractivity contribution in [3.8, 4) is 0 Å². The Morgan fingerprint density at radius 3 is 2.52 bits per heavy atom. The van der Waals surface area contributed by atoms with Gasteiger partial charge in [0.1, 0.15) is 0 Å². The third-order valence-electron chi connectivity index (χ3n) is 3.42. The molecule has 118 valence electrons. The molecule has 3 rings (SSSR count). The minimum absolute atomic E-state index is 0.0264. The number of hydrogen-bond acceptors (Lipinski definition) is 4. The molecule has 23 heavy (non-hydrogen) atoms. The maximum absolute atomic E-state index is 13.7. The first-order chi connectivity index (χ1) is 10.9. The van der Waals surface area contributed by atoms with Crippen LogP contribution in [0.2, 0.25) is 0 Å². The Bertz CT molecular complexity index is 1030. The van der Waals surface area contributed by atoms with E-state index in [9.17, 15) is 17.6 Å². The molecule has 0 N–H and O–H groups in total. The number of hydrogen-bond donors (Lipinski definition) is 0. The summed E-state index contributed by atoms with van der Waals surface area (Å²) in [6, 6.07) is 6.36. The maximum Gasteiger partial charge on any atom is 0.269 e. The lowest BCUT2D eigenvalue weighted by Gasteiger charge is -2.07. The van der Waals surface area contributed by atoms with Crippen LogP contribution in [-0.2, 0) is 10.0 Å². The van der Waals surface area contributed by atoms with Crippen molar-refractivity contribution in [3.05, 3.63) is 57.2 Å². The first-order valence-electron chi connectivity index (χ1n) is 6.48. The zero-order valence-corrected chi connectivity index (χ0v) is 14.8. The van der Waals surface area contributed by atoms with E-state index in [1.54, 1.807) is 12.1 Å². The number of benzene rings is 1. The van der Waals surface area contributed by atoms with Crippen LogP contribution >= 0.6 is 22.6 Å². The van der Waals surface area contributed by atoms with E-state index < -0.39 is 15.8 Å². The standard InChI is InChI=1S/C15H10FIN2O3S/c1-9-2-4-10(5-3-9)23(21,22)19-7-13(17)14-11(8-20)12(16)6-18-15(14)19/h2-8H,1H3. The molecular formula is C15H10FIN2O3S. The molecule has 2 heterocycles. The number of pyridine rings is 1. The van der Waals surface area contributed by atoms with Crippen molar-refractivity contribution in [2.45, 2.75) is 11.8 Å². The molecule has 1 aromatic carbocycles. The average Bonchev–Trinajstić information content (AvgIpc) is 2.86. The molecule has 0 saturated carbocycles. The highest BCUT2D eigenvalue weighted by Crippen LogP contribution is 2.29. The Kier molecular flexibility index (Phi) is 3.96. The van der Waals surface area contributed by atoms with E-state index >= 15 is 0 Å². The van der Waals surface area contributed by atoms with Crippen LogP contribution in [0.4, 0.5) is 4.39 Å². The summed E-state index contributed by atoms with van der Waals surface area (Å²) in [6.45, 7) is 1.85. The van der Waals surface area contributed by atoms with Crippen LogP contribution in [0.25, 0.3) is 11.0 Å². The summed E-state index contributed by atoms with van der Waals surface area (Å²) in [5.41, 5.74) is 0.759. The van der Waals surface area contributed by atoms with E-state index in [1.165, 1.54) is 18.3 Å². The van der Waals surface area contributed by atoms with Crippen LogP contribution in [-0.4, -0.2) is 23.7 Å². The molecule has 0 saturated heterocycles. The van der Waals surface area contributed by atoms with Crippen molar-refractivity contribution in [2.75, 3.05) is 0 Å². The fraction of sp³-hybridized carbons (Fsp3) is 0.0667. The van der Waals surface area contributed by atoms with E-state index in [2.05, 4.69) is 4.98 Å². The highest BCUT2D eigenvalue weighted by Gasteiger charge is 2.24. The molecule has 0 atom stereocenters. The van der Waals surface area contributed by atoms with Gasteiger partial charge in [0.05, 0.1) is 16.7 Å². The van der Waals surface area contributed by atoms with Crippen molar-refractivity contribution < 1.29 is 17.6 Å². The quantitative estimate of drug-likeness (QED) is 0.460. The van der Waals surface area contributed by atoms with Gasteiger partial charge in [0.15, 0.2) is 17.8 Å². The van der Waals surface area contributed by atoms with Crippen LogP contribution in [0.1, 0.15) is 15.9 Å². The zero-order valence-electron chi connectivity index (χ0n) is 11.8. The van der Waals surface area contributed by atoms with Gasteiger partial charge < -0.3 is 0 Å². The molecule has 0 fully saturated rings. The number of halogens is 2. The summed E-state index contributed by atoms with van der Waals surface area (Å²) < 4.78 is 40.7. The van der Waals surface area contributed by atoms with Gasteiger partial charge in [-0.05, 0) is 41.6 Å². The minimum atomic E-state index is -3.89. The summed E-state index contributed by atoms with van der Waals surface area (Å²) in [5.74, 6) is -0.782. The van der Waals surface area contributed by atoms with E-state index in [4.69, 9.17) is 0 Å². The summed E-state index contributed by atoms with van der Waals surface area (Å²) in [5, 5.41) is 0.191. The molecule has 5 nitrogen and oxygen atoms in total. The number of aromatic nitrogens is 2. The minimum Gasteiger partial charge on any atom is -0.298 e. The lowest BCUT2D eigenvalue weighted by atomic mass is 10.2. The number of carbonyl (C=O) groups is 1. The van der Waals surface area contributed by atoms with Crippen LogP contribution in [0.3, 0.4) is 0 Å². The molecule has 0 aliphatic carbocycles. The van der Waals surface area contributed by atoms with Crippen LogP contribution < -0.4 is 0 Å². The second kappa shape index (κ2) is 5.68. The van der Waals surface area contributed by atoms with Gasteiger partial charge in [-0.15, -0.1) is 0 Å². The van der Waals surface area contributed by atoms with E-state index in [1.807, 2.05) is 29.5 Å². The summed E-state index contributed by atoms with van der Waals surface area (Å²) in [7, 11) is -3.89. The highest BCUT2D eigenvalue weighted by molar-refractivity contribution is 14.1. The predicted octanol–water partition coefficient (Wildman–Crippen LogP) is 3.14. The summed E-state index contributed by atoms with van der Waals surface area (Å²) in [6.07, 6.45) is 2.55. The number of aryl methyl sites for hydroxylation is 1. The SMILES string of the molecule is Cc1ccc(S(=O)(=O)n2cc(I)c3c(C=O)c(F)cnc32)cc1. The summed E-state index contributed by atoms with van der Waals surface area (Å²) >= 11 is 1.86. The van der Waals surface area contributed by atoms with E-state index in [0.29, 0.717) is 9.86 Å². The van der Waals surface area contributed by atoms with Crippen molar-refractivity contribution >= 4 is 49.9 Å². The number of rotatable bonds is 3. The molecule has 0 amide bonds. The number of carbonyl (C=O) groups excluding carboxylic acids is 1. The van der Waals surface area contributed by atoms with Crippen molar-refractivity contribution in [3.63, 3.8) is 0 Å². The normalized spacial score (nSPS) is 11.8. The Hall–Kier alpha value is -1.81. The van der Waals surface area contributed by atoms with Crippen molar-refractivity contribution in [1.29, 1.82) is 0 Å². The maximum atomic E-state index is 13.7. The predicted molar refractivity (Wildman–Crippen MR) is 91.6 cm³/mol. The average molecular weight is 444 g/mol. The van der Waals surface area contributed by atoms with E-state index in [-0.39, 0.29) is 21.5 Å². The van der Waals surface area contributed by atoms with Crippen molar-refractivity contribution in [2.24, 2.45) is 0 Å². The molecular weight excluding hydrogens is 434 g/mol. The van der Waals surface area contributed by atoms with Crippen LogP contribution in [0, 0.1) is 16.3 Å². The van der Waals surface area contributed by atoms with Crippen LogP contribution in [0.5, 0.6) is 0 Å². The Morgan fingerprint density at radius 2 is 1.91 bits per heavy atom. The fourth-order valence-electron chi connectivity index (χ4n) is 2.25. The zero-order chi connectivity index (χ0) is 16.8. The molecule has 8 heteroatoms. The van der Waals surface area contributed by atoms with Gasteiger partial charge in [0.25, 0.3) is 10.0 Å². The van der Waals surface area contributed by atoms with Gasteiger partial charge in [-0.25, -0.2) is 21.8 Å². The monoisotopic (exact) mass is 444 g/mol. The molecule has 0 unspecified atom stereocenters. The molecule has 3 aromatic rings. The Labute approximate surface area is 145 Å². The Morgan fingerprint density at radius 1 is 1.26 bits per heavy atom. The lowest BCUT2D eigenvalue weighted by molar-refractivity contribution is 0.112.